The standard InChI is InChI=1S/C10H16N2O3/c1-8(5-11)6-12-3-4-15-7-9(12)10(13)14-2/h8-9H,3-4,6-7H2,1-2H3. The van der Waals surface area contributed by atoms with E-state index in [-0.39, 0.29) is 17.9 Å². The average molecular weight is 212 g/mol. The van der Waals surface area contributed by atoms with Crippen LogP contribution in [-0.2, 0) is 14.3 Å². The SMILES string of the molecule is COC(=O)C1COCCN1CC(C)C#N. The molecule has 0 aromatic heterocycles. The number of morpholine rings is 1. The van der Waals surface area contributed by atoms with Crippen LogP contribution in [0.3, 0.4) is 0 Å². The smallest absolute Gasteiger partial charge is 0.325 e. The zero-order chi connectivity index (χ0) is 11.3. The molecule has 0 aliphatic carbocycles. The molecule has 1 heterocycles. The first-order valence-corrected chi connectivity index (χ1v) is 4.98. The molecule has 1 aliphatic heterocycles. The average Bonchev–Trinajstić information content (AvgIpc) is 2.28. The van der Waals surface area contributed by atoms with Gasteiger partial charge in [0, 0.05) is 13.1 Å². The summed E-state index contributed by atoms with van der Waals surface area (Å²) in [6.07, 6.45) is 0. The fourth-order valence-electron chi connectivity index (χ4n) is 1.60. The van der Waals surface area contributed by atoms with Crippen LogP contribution >= 0.6 is 0 Å². The number of carbonyl (C=O) groups excluding carboxylic acids is 1. The van der Waals surface area contributed by atoms with E-state index in [9.17, 15) is 4.79 Å². The van der Waals surface area contributed by atoms with Gasteiger partial charge < -0.3 is 9.47 Å². The molecule has 1 rings (SSSR count). The predicted octanol–water partition coefficient (Wildman–Crippen LogP) is 0.0199. The Morgan fingerprint density at radius 3 is 3.13 bits per heavy atom. The zero-order valence-corrected chi connectivity index (χ0v) is 9.10. The van der Waals surface area contributed by atoms with Crippen molar-refractivity contribution in [1.82, 2.24) is 4.90 Å². The van der Waals surface area contributed by atoms with Crippen LogP contribution in [0.1, 0.15) is 6.92 Å². The Labute approximate surface area is 89.6 Å². The molecule has 0 radical (unpaired) electrons. The normalized spacial score (nSPS) is 24.2. The van der Waals surface area contributed by atoms with E-state index in [1.54, 1.807) is 0 Å². The molecular weight excluding hydrogens is 196 g/mol. The van der Waals surface area contributed by atoms with Gasteiger partial charge in [0.15, 0.2) is 0 Å². The fourth-order valence-corrected chi connectivity index (χ4v) is 1.60. The maximum atomic E-state index is 11.4. The predicted molar refractivity (Wildman–Crippen MR) is 53.0 cm³/mol. The minimum Gasteiger partial charge on any atom is -0.468 e. The summed E-state index contributed by atoms with van der Waals surface area (Å²) in [5, 5.41) is 8.72. The highest BCUT2D eigenvalue weighted by Gasteiger charge is 2.30. The molecule has 0 N–H and O–H groups in total. The van der Waals surface area contributed by atoms with E-state index >= 15 is 0 Å². The number of esters is 1. The van der Waals surface area contributed by atoms with Crippen LogP contribution in [0.15, 0.2) is 0 Å². The Balaban J connectivity index is 2.58. The number of ether oxygens (including phenoxy) is 2. The fraction of sp³-hybridized carbons (Fsp3) is 0.800. The van der Waals surface area contributed by atoms with Crippen molar-refractivity contribution in [2.45, 2.75) is 13.0 Å². The lowest BCUT2D eigenvalue weighted by Gasteiger charge is -2.34. The summed E-state index contributed by atoms with van der Waals surface area (Å²) in [6.45, 7) is 4.05. The molecule has 84 valence electrons. The number of carbonyl (C=O) groups is 1. The second-order valence-corrected chi connectivity index (χ2v) is 3.64. The first-order valence-electron chi connectivity index (χ1n) is 4.98. The van der Waals surface area contributed by atoms with Gasteiger partial charge in [-0.3, -0.25) is 9.69 Å². The third-order valence-corrected chi connectivity index (χ3v) is 2.44. The largest absolute Gasteiger partial charge is 0.468 e. The number of nitriles is 1. The van der Waals surface area contributed by atoms with E-state index in [4.69, 9.17) is 14.7 Å². The lowest BCUT2D eigenvalue weighted by Crippen LogP contribution is -2.51. The third-order valence-electron chi connectivity index (χ3n) is 2.44. The van der Waals surface area contributed by atoms with Crippen molar-refractivity contribution in [3.8, 4) is 6.07 Å². The van der Waals surface area contributed by atoms with Gasteiger partial charge in [-0.15, -0.1) is 0 Å². The molecule has 1 fully saturated rings. The molecule has 0 spiro atoms. The van der Waals surface area contributed by atoms with Crippen molar-refractivity contribution in [1.29, 1.82) is 5.26 Å². The van der Waals surface area contributed by atoms with Gasteiger partial charge in [-0.2, -0.15) is 5.26 Å². The van der Waals surface area contributed by atoms with E-state index < -0.39 is 0 Å². The summed E-state index contributed by atoms with van der Waals surface area (Å²) in [6, 6.07) is 1.79. The highest BCUT2D eigenvalue weighted by Crippen LogP contribution is 2.10. The van der Waals surface area contributed by atoms with Gasteiger partial charge in [-0.05, 0) is 6.92 Å². The second kappa shape index (κ2) is 5.69. The molecule has 0 bridgehead atoms. The number of hydrogen-bond donors (Lipinski definition) is 0. The van der Waals surface area contributed by atoms with Crippen molar-refractivity contribution in [3.63, 3.8) is 0 Å². The molecule has 0 aromatic rings. The van der Waals surface area contributed by atoms with Gasteiger partial charge in [0.2, 0.25) is 0 Å². The number of rotatable bonds is 3. The van der Waals surface area contributed by atoms with E-state index in [2.05, 4.69) is 6.07 Å². The maximum absolute atomic E-state index is 11.4. The lowest BCUT2D eigenvalue weighted by molar-refractivity contribution is -0.153. The molecule has 1 saturated heterocycles. The van der Waals surface area contributed by atoms with Gasteiger partial charge in [-0.25, -0.2) is 0 Å². The van der Waals surface area contributed by atoms with Crippen LogP contribution in [0, 0.1) is 17.2 Å². The minimum atomic E-state index is -0.362. The molecule has 1 aliphatic rings. The summed E-state index contributed by atoms with van der Waals surface area (Å²) in [7, 11) is 1.36. The first kappa shape index (κ1) is 12.0. The van der Waals surface area contributed by atoms with Crippen LogP contribution in [0.25, 0.3) is 0 Å². The van der Waals surface area contributed by atoms with Gasteiger partial charge in [0.05, 0.1) is 32.3 Å². The molecule has 0 saturated carbocycles. The Morgan fingerprint density at radius 2 is 2.53 bits per heavy atom. The highest BCUT2D eigenvalue weighted by atomic mass is 16.5. The topological polar surface area (TPSA) is 62.6 Å². The summed E-state index contributed by atoms with van der Waals surface area (Å²) < 4.78 is 9.92. The maximum Gasteiger partial charge on any atom is 0.325 e. The number of hydrogen-bond acceptors (Lipinski definition) is 5. The van der Waals surface area contributed by atoms with Crippen LogP contribution < -0.4 is 0 Å². The van der Waals surface area contributed by atoms with Crippen molar-refractivity contribution in [2.75, 3.05) is 33.4 Å². The third kappa shape index (κ3) is 3.18. The van der Waals surface area contributed by atoms with E-state index in [1.807, 2.05) is 11.8 Å². The Bertz CT molecular complexity index is 262. The quantitative estimate of drug-likeness (QED) is 0.617. The number of methoxy groups -OCH3 is 1. The van der Waals surface area contributed by atoms with E-state index in [0.717, 1.165) is 0 Å². The van der Waals surface area contributed by atoms with E-state index in [1.165, 1.54) is 7.11 Å². The highest BCUT2D eigenvalue weighted by molar-refractivity contribution is 5.75. The van der Waals surface area contributed by atoms with Gasteiger partial charge in [0.1, 0.15) is 6.04 Å². The molecular formula is C10H16N2O3. The molecule has 0 amide bonds. The lowest BCUT2D eigenvalue weighted by atomic mass is 10.1. The van der Waals surface area contributed by atoms with Crippen LogP contribution in [0.5, 0.6) is 0 Å². The molecule has 2 atom stereocenters. The van der Waals surface area contributed by atoms with Crippen molar-refractivity contribution >= 4 is 5.97 Å². The monoisotopic (exact) mass is 212 g/mol. The minimum absolute atomic E-state index is 0.0877. The summed E-state index contributed by atoms with van der Waals surface area (Å²) in [5.74, 6) is -0.380. The van der Waals surface area contributed by atoms with Crippen LogP contribution in [0.4, 0.5) is 0 Å². The van der Waals surface area contributed by atoms with Gasteiger partial charge in [0.25, 0.3) is 0 Å². The molecule has 5 heteroatoms. The Morgan fingerprint density at radius 1 is 1.80 bits per heavy atom. The molecule has 0 aromatic carbocycles. The van der Waals surface area contributed by atoms with Gasteiger partial charge >= 0.3 is 5.97 Å². The Hall–Kier alpha value is -1.12. The van der Waals surface area contributed by atoms with Crippen molar-refractivity contribution in [3.05, 3.63) is 0 Å². The van der Waals surface area contributed by atoms with E-state index in [0.29, 0.717) is 26.3 Å². The van der Waals surface area contributed by atoms with Crippen molar-refractivity contribution in [2.24, 2.45) is 5.92 Å². The van der Waals surface area contributed by atoms with Crippen LogP contribution in [0.2, 0.25) is 0 Å². The molecule has 2 unspecified atom stereocenters. The van der Waals surface area contributed by atoms with Crippen LogP contribution in [-0.4, -0.2) is 50.3 Å². The molecule has 5 nitrogen and oxygen atoms in total. The number of nitrogens with zero attached hydrogens (tertiary/aromatic N) is 2. The summed E-state index contributed by atoms with van der Waals surface area (Å²) in [4.78, 5) is 13.4. The van der Waals surface area contributed by atoms with Gasteiger partial charge in [-0.1, -0.05) is 0 Å². The molecule has 15 heavy (non-hydrogen) atoms. The summed E-state index contributed by atoms with van der Waals surface area (Å²) >= 11 is 0. The summed E-state index contributed by atoms with van der Waals surface area (Å²) in [5.41, 5.74) is 0. The zero-order valence-electron chi connectivity index (χ0n) is 9.10. The Kier molecular flexibility index (Phi) is 4.53. The first-order chi connectivity index (χ1) is 7.19. The second-order valence-electron chi connectivity index (χ2n) is 3.64. The van der Waals surface area contributed by atoms with Crippen molar-refractivity contribution < 1.29 is 14.3 Å².